The van der Waals surface area contributed by atoms with E-state index in [9.17, 15) is 4.79 Å². The summed E-state index contributed by atoms with van der Waals surface area (Å²) in [5.41, 5.74) is 3.02. The standard InChI is InChI=1S/C17H26N4O2S/c1-6-7-8-21-13(5)12(4)18-17(21)24-10-15(22)19-16-9-14(11(2)3)20-23-16/h9,11H,6-8,10H2,1-5H3,(H,19,22). The van der Waals surface area contributed by atoms with Crippen molar-refractivity contribution in [1.82, 2.24) is 14.7 Å². The Morgan fingerprint density at radius 2 is 2.17 bits per heavy atom. The minimum Gasteiger partial charge on any atom is -0.338 e. The highest BCUT2D eigenvalue weighted by molar-refractivity contribution is 7.99. The van der Waals surface area contributed by atoms with Crippen molar-refractivity contribution >= 4 is 23.6 Å². The number of unbranched alkanes of at least 4 members (excludes halogenated alkanes) is 1. The van der Waals surface area contributed by atoms with Crippen LogP contribution in [0.25, 0.3) is 0 Å². The number of aryl methyl sites for hydroxylation is 1. The molecule has 1 N–H and O–H groups in total. The number of amides is 1. The molecule has 0 aromatic carbocycles. The van der Waals surface area contributed by atoms with Gasteiger partial charge in [0.15, 0.2) is 5.16 Å². The van der Waals surface area contributed by atoms with Crippen LogP contribution in [-0.4, -0.2) is 26.4 Å². The molecule has 0 saturated heterocycles. The van der Waals surface area contributed by atoms with Crippen molar-refractivity contribution < 1.29 is 9.32 Å². The van der Waals surface area contributed by atoms with Crippen LogP contribution in [0.5, 0.6) is 0 Å². The second-order valence-corrected chi connectivity index (χ2v) is 7.12. The van der Waals surface area contributed by atoms with Crippen molar-refractivity contribution in [3.05, 3.63) is 23.1 Å². The van der Waals surface area contributed by atoms with Crippen LogP contribution in [0.1, 0.15) is 56.6 Å². The topological polar surface area (TPSA) is 73.0 Å². The Balaban J connectivity index is 1.94. The zero-order valence-electron chi connectivity index (χ0n) is 15.0. The fraction of sp³-hybridized carbons (Fsp3) is 0.588. The molecular formula is C17H26N4O2S. The van der Waals surface area contributed by atoms with E-state index in [-0.39, 0.29) is 11.8 Å². The van der Waals surface area contributed by atoms with E-state index in [1.165, 1.54) is 17.5 Å². The number of carbonyl (C=O) groups excluding carboxylic acids is 1. The number of nitrogens with one attached hydrogen (secondary N) is 1. The van der Waals surface area contributed by atoms with Crippen LogP contribution in [0.3, 0.4) is 0 Å². The Kier molecular flexibility index (Phi) is 6.48. The SMILES string of the molecule is CCCCn1c(SCC(=O)Nc2cc(C(C)C)no2)nc(C)c1C. The molecule has 0 unspecified atom stereocenters. The Labute approximate surface area is 147 Å². The first kappa shape index (κ1) is 18.6. The molecule has 6 nitrogen and oxygen atoms in total. The van der Waals surface area contributed by atoms with Gasteiger partial charge < -0.3 is 9.09 Å². The Bertz CT molecular complexity index is 691. The molecule has 0 saturated carbocycles. The van der Waals surface area contributed by atoms with Crippen LogP contribution in [0.15, 0.2) is 15.7 Å². The van der Waals surface area contributed by atoms with E-state index < -0.39 is 0 Å². The average molecular weight is 350 g/mol. The number of hydrogen-bond donors (Lipinski definition) is 1. The molecule has 2 aromatic rings. The van der Waals surface area contributed by atoms with Crippen molar-refractivity contribution in [2.24, 2.45) is 0 Å². The number of aromatic nitrogens is 3. The van der Waals surface area contributed by atoms with E-state index in [1.807, 2.05) is 20.8 Å². The summed E-state index contributed by atoms with van der Waals surface area (Å²) >= 11 is 1.45. The predicted octanol–water partition coefficient (Wildman–Crippen LogP) is 4.14. The minimum absolute atomic E-state index is 0.119. The van der Waals surface area contributed by atoms with Gasteiger partial charge in [0.2, 0.25) is 11.8 Å². The maximum absolute atomic E-state index is 12.1. The van der Waals surface area contributed by atoms with Crippen molar-refractivity contribution in [2.75, 3.05) is 11.1 Å². The first-order valence-electron chi connectivity index (χ1n) is 8.35. The van der Waals surface area contributed by atoms with Crippen LogP contribution in [0, 0.1) is 13.8 Å². The summed E-state index contributed by atoms with van der Waals surface area (Å²) in [6.07, 6.45) is 2.23. The molecular weight excluding hydrogens is 324 g/mol. The van der Waals surface area contributed by atoms with E-state index in [4.69, 9.17) is 4.52 Å². The van der Waals surface area contributed by atoms with Gasteiger partial charge in [-0.15, -0.1) is 0 Å². The fourth-order valence-corrected chi connectivity index (χ4v) is 3.15. The second kappa shape index (κ2) is 8.37. The Hall–Kier alpha value is -1.76. The van der Waals surface area contributed by atoms with Gasteiger partial charge in [-0.2, -0.15) is 0 Å². The van der Waals surface area contributed by atoms with Gasteiger partial charge in [-0.05, 0) is 26.2 Å². The highest BCUT2D eigenvalue weighted by Gasteiger charge is 2.15. The van der Waals surface area contributed by atoms with Gasteiger partial charge in [0.25, 0.3) is 0 Å². The van der Waals surface area contributed by atoms with Gasteiger partial charge in [0.05, 0.1) is 17.1 Å². The van der Waals surface area contributed by atoms with Gasteiger partial charge in [-0.3, -0.25) is 10.1 Å². The van der Waals surface area contributed by atoms with Crippen LogP contribution in [0.2, 0.25) is 0 Å². The second-order valence-electron chi connectivity index (χ2n) is 6.18. The molecule has 0 aliphatic rings. The van der Waals surface area contributed by atoms with Gasteiger partial charge in [0.1, 0.15) is 0 Å². The number of thioether (sulfide) groups is 1. The first-order chi connectivity index (χ1) is 11.4. The van der Waals surface area contributed by atoms with Gasteiger partial charge in [-0.1, -0.05) is 44.1 Å². The third kappa shape index (κ3) is 4.63. The quantitative estimate of drug-likeness (QED) is 0.724. The maximum atomic E-state index is 12.1. The minimum atomic E-state index is -0.119. The monoisotopic (exact) mass is 350 g/mol. The molecule has 1 amide bonds. The van der Waals surface area contributed by atoms with Crippen LogP contribution in [0.4, 0.5) is 5.88 Å². The van der Waals surface area contributed by atoms with Gasteiger partial charge in [-0.25, -0.2) is 4.98 Å². The van der Waals surface area contributed by atoms with Crippen molar-refractivity contribution in [1.29, 1.82) is 0 Å². The van der Waals surface area contributed by atoms with Crippen molar-refractivity contribution in [3.63, 3.8) is 0 Å². The molecule has 0 bridgehead atoms. The number of nitrogens with zero attached hydrogens (tertiary/aromatic N) is 3. The lowest BCUT2D eigenvalue weighted by atomic mass is 10.1. The largest absolute Gasteiger partial charge is 0.338 e. The van der Waals surface area contributed by atoms with Gasteiger partial charge in [0, 0.05) is 18.3 Å². The highest BCUT2D eigenvalue weighted by atomic mass is 32.2. The van der Waals surface area contributed by atoms with Crippen LogP contribution >= 0.6 is 11.8 Å². The van der Waals surface area contributed by atoms with Gasteiger partial charge >= 0.3 is 0 Å². The van der Waals surface area contributed by atoms with Crippen LogP contribution < -0.4 is 5.32 Å². The zero-order valence-corrected chi connectivity index (χ0v) is 15.9. The third-order valence-corrected chi connectivity index (χ3v) is 4.85. The van der Waals surface area contributed by atoms with E-state index in [2.05, 4.69) is 33.9 Å². The summed E-state index contributed by atoms with van der Waals surface area (Å²) in [6.45, 7) is 11.2. The number of hydrogen-bond acceptors (Lipinski definition) is 5. The van der Waals surface area contributed by atoms with E-state index >= 15 is 0 Å². The normalized spacial score (nSPS) is 11.2. The number of rotatable bonds is 8. The Morgan fingerprint density at radius 3 is 2.79 bits per heavy atom. The lowest BCUT2D eigenvalue weighted by molar-refractivity contribution is -0.113. The van der Waals surface area contributed by atoms with Crippen molar-refractivity contribution in [3.8, 4) is 0 Å². The molecule has 2 aromatic heterocycles. The summed E-state index contributed by atoms with van der Waals surface area (Å²) < 4.78 is 7.33. The average Bonchev–Trinajstić information content (AvgIpc) is 3.10. The lowest BCUT2D eigenvalue weighted by Gasteiger charge is -2.08. The van der Waals surface area contributed by atoms with Crippen molar-refractivity contribution in [2.45, 2.75) is 65.1 Å². The summed E-state index contributed by atoms with van der Waals surface area (Å²) in [5, 5.41) is 7.58. The summed E-state index contributed by atoms with van der Waals surface area (Å²) in [6, 6.07) is 1.77. The summed E-state index contributed by atoms with van der Waals surface area (Å²) in [4.78, 5) is 16.7. The smallest absolute Gasteiger partial charge is 0.237 e. The molecule has 7 heteroatoms. The number of anilines is 1. The molecule has 0 fully saturated rings. The molecule has 2 rings (SSSR count). The van der Waals surface area contributed by atoms with E-state index in [0.717, 1.165) is 35.9 Å². The molecule has 0 aliphatic heterocycles. The lowest BCUT2D eigenvalue weighted by Crippen LogP contribution is -2.14. The fourth-order valence-electron chi connectivity index (χ4n) is 2.24. The third-order valence-electron chi connectivity index (χ3n) is 3.87. The molecule has 0 aliphatic carbocycles. The molecule has 24 heavy (non-hydrogen) atoms. The Morgan fingerprint density at radius 1 is 1.42 bits per heavy atom. The molecule has 0 spiro atoms. The van der Waals surface area contributed by atoms with E-state index in [0.29, 0.717) is 11.6 Å². The maximum Gasteiger partial charge on any atom is 0.237 e. The highest BCUT2D eigenvalue weighted by Crippen LogP contribution is 2.23. The molecule has 132 valence electrons. The summed E-state index contributed by atoms with van der Waals surface area (Å²) in [7, 11) is 0. The van der Waals surface area contributed by atoms with E-state index in [1.54, 1.807) is 6.07 Å². The zero-order chi connectivity index (χ0) is 17.7. The first-order valence-corrected chi connectivity index (χ1v) is 9.33. The summed E-state index contributed by atoms with van der Waals surface area (Å²) in [5.74, 6) is 0.836. The molecule has 0 atom stereocenters. The van der Waals surface area contributed by atoms with Crippen LogP contribution in [-0.2, 0) is 11.3 Å². The number of imidazole rings is 1. The number of carbonyl (C=O) groups is 1. The molecule has 0 radical (unpaired) electrons. The predicted molar refractivity (Wildman–Crippen MR) is 96.6 cm³/mol. The molecule has 2 heterocycles.